The Labute approximate surface area is 178 Å². The Morgan fingerprint density at radius 1 is 1.14 bits per heavy atom. The number of nitrogens with zero attached hydrogens (tertiary/aromatic N) is 2. The molecule has 1 aromatic carbocycles. The van der Waals surface area contributed by atoms with Gasteiger partial charge in [-0.15, -0.1) is 0 Å². The first kappa shape index (κ1) is 20.3. The van der Waals surface area contributed by atoms with Crippen LogP contribution in [0.1, 0.15) is 50.1 Å². The molecule has 1 aromatic heterocycles. The largest absolute Gasteiger partial charge is 0.484 e. The zero-order chi connectivity index (χ0) is 20.1. The van der Waals surface area contributed by atoms with Gasteiger partial charge in [-0.2, -0.15) is 0 Å². The third-order valence-corrected chi connectivity index (χ3v) is 6.28. The molecule has 1 aliphatic carbocycles. The van der Waals surface area contributed by atoms with Crippen LogP contribution < -0.4 is 10.1 Å². The standard InChI is InChI=1S/C23H30ClN3O2/c24-19-4-3-7-22(14-19)29-17-23(28)25-20-9-11-26(12-10-20)15-18-8-13-27(16-18)21-5-1-2-6-21/h3-4,7-8,13-14,16,20-21H,1-2,5-6,9-12,15,17H2,(H,25,28). The molecular formula is C23H30ClN3O2. The quantitative estimate of drug-likeness (QED) is 0.728. The predicted molar refractivity (Wildman–Crippen MR) is 115 cm³/mol. The molecule has 0 radical (unpaired) electrons. The number of carbonyl (C=O) groups excluding carboxylic acids is 1. The molecule has 6 heteroatoms. The lowest BCUT2D eigenvalue weighted by atomic mass is 10.0. The van der Waals surface area contributed by atoms with Crippen molar-refractivity contribution in [3.8, 4) is 5.75 Å². The molecule has 5 nitrogen and oxygen atoms in total. The number of aromatic nitrogens is 1. The number of benzene rings is 1. The lowest BCUT2D eigenvalue weighted by molar-refractivity contribution is -0.124. The molecule has 1 amide bonds. The summed E-state index contributed by atoms with van der Waals surface area (Å²) >= 11 is 5.94. The topological polar surface area (TPSA) is 46.5 Å². The van der Waals surface area contributed by atoms with Crippen LogP contribution >= 0.6 is 11.6 Å². The highest BCUT2D eigenvalue weighted by molar-refractivity contribution is 6.30. The highest BCUT2D eigenvalue weighted by atomic mass is 35.5. The van der Waals surface area contributed by atoms with Crippen LogP contribution in [0.15, 0.2) is 42.7 Å². The number of nitrogens with one attached hydrogen (secondary N) is 1. The van der Waals surface area contributed by atoms with Gasteiger partial charge in [0.1, 0.15) is 5.75 Å². The first-order chi connectivity index (χ1) is 14.2. The summed E-state index contributed by atoms with van der Waals surface area (Å²) in [5.74, 6) is 0.545. The van der Waals surface area contributed by atoms with Crippen LogP contribution in [0.3, 0.4) is 0 Å². The first-order valence-electron chi connectivity index (χ1n) is 10.7. The summed E-state index contributed by atoms with van der Waals surface area (Å²) in [6.45, 7) is 3.04. The van der Waals surface area contributed by atoms with E-state index in [9.17, 15) is 4.79 Å². The summed E-state index contributed by atoms with van der Waals surface area (Å²) < 4.78 is 7.94. The van der Waals surface area contributed by atoms with Crippen molar-refractivity contribution in [2.75, 3.05) is 19.7 Å². The Hall–Kier alpha value is -1.98. The van der Waals surface area contributed by atoms with Gasteiger partial charge in [0.2, 0.25) is 0 Å². The van der Waals surface area contributed by atoms with E-state index < -0.39 is 0 Å². The summed E-state index contributed by atoms with van der Waals surface area (Å²) in [4.78, 5) is 14.7. The number of hydrogen-bond donors (Lipinski definition) is 1. The highest BCUT2D eigenvalue weighted by Gasteiger charge is 2.22. The zero-order valence-corrected chi connectivity index (χ0v) is 17.6. The maximum atomic E-state index is 12.2. The normalized spacial score (nSPS) is 18.8. The molecule has 2 aliphatic rings. The second-order valence-corrected chi connectivity index (χ2v) is 8.71. The van der Waals surface area contributed by atoms with E-state index in [-0.39, 0.29) is 18.6 Å². The monoisotopic (exact) mass is 415 g/mol. The van der Waals surface area contributed by atoms with Crippen molar-refractivity contribution < 1.29 is 9.53 Å². The minimum Gasteiger partial charge on any atom is -0.484 e. The van der Waals surface area contributed by atoms with Gasteiger partial charge in [0.15, 0.2) is 6.61 Å². The van der Waals surface area contributed by atoms with Crippen LogP contribution in [0.2, 0.25) is 5.02 Å². The summed E-state index contributed by atoms with van der Waals surface area (Å²) in [5.41, 5.74) is 1.40. The molecule has 0 spiro atoms. The van der Waals surface area contributed by atoms with Crippen molar-refractivity contribution in [1.29, 1.82) is 0 Å². The minimum atomic E-state index is -0.0722. The second kappa shape index (κ2) is 9.68. The fourth-order valence-electron chi connectivity index (χ4n) is 4.45. The van der Waals surface area contributed by atoms with Crippen LogP contribution in [0.4, 0.5) is 0 Å². The van der Waals surface area contributed by atoms with Crippen molar-refractivity contribution in [3.05, 3.63) is 53.3 Å². The van der Waals surface area contributed by atoms with Gasteiger partial charge < -0.3 is 14.6 Å². The van der Waals surface area contributed by atoms with Crippen molar-refractivity contribution in [3.63, 3.8) is 0 Å². The Bertz CT molecular complexity index is 808. The van der Waals surface area contributed by atoms with E-state index in [2.05, 4.69) is 33.2 Å². The van der Waals surface area contributed by atoms with Crippen LogP contribution in [0, 0.1) is 0 Å². The van der Waals surface area contributed by atoms with Crippen LogP contribution in [0.25, 0.3) is 0 Å². The van der Waals surface area contributed by atoms with Gasteiger partial charge >= 0.3 is 0 Å². The van der Waals surface area contributed by atoms with Crippen molar-refractivity contribution >= 4 is 17.5 Å². The molecule has 0 bridgehead atoms. The van der Waals surface area contributed by atoms with Crippen LogP contribution in [0.5, 0.6) is 5.75 Å². The average Bonchev–Trinajstić information content (AvgIpc) is 3.40. The molecule has 4 rings (SSSR count). The highest BCUT2D eigenvalue weighted by Crippen LogP contribution is 2.30. The van der Waals surface area contributed by atoms with Crippen LogP contribution in [-0.2, 0) is 11.3 Å². The molecule has 2 aromatic rings. The molecule has 1 saturated heterocycles. The molecule has 0 unspecified atom stereocenters. The molecule has 29 heavy (non-hydrogen) atoms. The van der Waals surface area contributed by atoms with Gasteiger partial charge in [-0.25, -0.2) is 0 Å². The molecule has 1 N–H and O–H groups in total. The molecule has 0 atom stereocenters. The maximum Gasteiger partial charge on any atom is 0.258 e. The first-order valence-corrected chi connectivity index (χ1v) is 11.1. The molecule has 156 valence electrons. The number of carbonyl (C=O) groups is 1. The summed E-state index contributed by atoms with van der Waals surface area (Å²) in [5, 5.41) is 3.71. The van der Waals surface area contributed by atoms with E-state index in [4.69, 9.17) is 16.3 Å². The van der Waals surface area contributed by atoms with Gasteiger partial charge in [-0.3, -0.25) is 9.69 Å². The Morgan fingerprint density at radius 3 is 2.69 bits per heavy atom. The molecule has 1 aliphatic heterocycles. The van der Waals surface area contributed by atoms with Gasteiger partial charge in [-0.05, 0) is 55.5 Å². The van der Waals surface area contributed by atoms with E-state index in [0.717, 1.165) is 32.5 Å². The summed E-state index contributed by atoms with van der Waals surface area (Å²) in [6, 6.07) is 10.3. The number of ether oxygens (including phenoxy) is 1. The lowest BCUT2D eigenvalue weighted by Gasteiger charge is -2.32. The van der Waals surface area contributed by atoms with Gasteiger partial charge in [-0.1, -0.05) is 30.5 Å². The SMILES string of the molecule is O=C(COc1cccc(Cl)c1)NC1CCN(Cc2ccn(C3CCCC3)c2)CC1. The number of likely N-dealkylation sites (tertiary alicyclic amines) is 1. The summed E-state index contributed by atoms with van der Waals surface area (Å²) in [6.07, 6.45) is 11.9. The number of halogens is 1. The third kappa shape index (κ3) is 5.77. The Kier molecular flexibility index (Phi) is 6.78. The van der Waals surface area contributed by atoms with Gasteiger partial charge in [0.25, 0.3) is 5.91 Å². The number of amides is 1. The van der Waals surface area contributed by atoms with Gasteiger partial charge in [0.05, 0.1) is 0 Å². The fraction of sp³-hybridized carbons (Fsp3) is 0.522. The van der Waals surface area contributed by atoms with Gasteiger partial charge in [0, 0.05) is 49.1 Å². The number of rotatable bonds is 7. The predicted octanol–water partition coefficient (Wildman–Crippen LogP) is 4.42. The third-order valence-electron chi connectivity index (χ3n) is 6.05. The van der Waals surface area contributed by atoms with Crippen molar-refractivity contribution in [2.45, 2.75) is 57.2 Å². The van der Waals surface area contributed by atoms with E-state index in [1.807, 2.05) is 6.07 Å². The summed E-state index contributed by atoms with van der Waals surface area (Å²) in [7, 11) is 0. The fourth-order valence-corrected chi connectivity index (χ4v) is 4.63. The Balaban J connectivity index is 1.17. The van der Waals surface area contributed by atoms with E-state index in [0.29, 0.717) is 16.8 Å². The van der Waals surface area contributed by atoms with E-state index in [1.54, 1.807) is 18.2 Å². The zero-order valence-electron chi connectivity index (χ0n) is 16.9. The second-order valence-electron chi connectivity index (χ2n) is 8.27. The molecule has 2 heterocycles. The number of piperidine rings is 1. The Morgan fingerprint density at radius 2 is 1.93 bits per heavy atom. The average molecular weight is 416 g/mol. The molecule has 1 saturated carbocycles. The smallest absolute Gasteiger partial charge is 0.258 e. The van der Waals surface area contributed by atoms with Crippen molar-refractivity contribution in [1.82, 2.24) is 14.8 Å². The maximum absolute atomic E-state index is 12.2. The molecule has 2 fully saturated rings. The molecular weight excluding hydrogens is 386 g/mol. The van der Waals surface area contributed by atoms with Crippen molar-refractivity contribution in [2.24, 2.45) is 0 Å². The van der Waals surface area contributed by atoms with E-state index >= 15 is 0 Å². The minimum absolute atomic E-state index is 0.0231. The lowest BCUT2D eigenvalue weighted by Crippen LogP contribution is -2.45. The number of hydrogen-bond acceptors (Lipinski definition) is 3. The van der Waals surface area contributed by atoms with Crippen LogP contribution in [-0.4, -0.2) is 41.1 Å². The van der Waals surface area contributed by atoms with E-state index in [1.165, 1.54) is 31.2 Å².